The summed E-state index contributed by atoms with van der Waals surface area (Å²) >= 11 is 5.64. The quantitative estimate of drug-likeness (QED) is 0.435. The van der Waals surface area contributed by atoms with Gasteiger partial charge in [0.2, 0.25) is 0 Å². The number of nitrogens with zero attached hydrogens (tertiary/aromatic N) is 2. The maximum atomic E-state index is 5.64. The second kappa shape index (κ2) is 7.97. The van der Waals surface area contributed by atoms with E-state index in [4.69, 9.17) is 11.6 Å². The fraction of sp³-hybridized carbons (Fsp3) is 0.471. The lowest BCUT2D eigenvalue weighted by atomic mass is 10.1. The molecule has 0 radical (unpaired) electrons. The fourth-order valence-electron chi connectivity index (χ4n) is 2.15. The number of para-hydroxylation sites is 1. The smallest absolute Gasteiger partial charge is 0.0682 e. The van der Waals surface area contributed by atoms with E-state index in [1.807, 2.05) is 12.3 Å². The van der Waals surface area contributed by atoms with Crippen LogP contribution in [0.1, 0.15) is 32.6 Å². The molecule has 106 valence electrons. The third kappa shape index (κ3) is 4.28. The molecule has 0 saturated heterocycles. The summed E-state index contributed by atoms with van der Waals surface area (Å²) in [5.74, 6) is 7.72. The Morgan fingerprint density at radius 2 is 2.15 bits per heavy atom. The summed E-state index contributed by atoms with van der Waals surface area (Å²) in [5, 5.41) is 5.64. The van der Waals surface area contributed by atoms with E-state index in [0.29, 0.717) is 5.92 Å². The number of aryl methyl sites for hydroxylation is 1. The van der Waals surface area contributed by atoms with E-state index in [9.17, 15) is 0 Å². The monoisotopic (exact) mass is 288 g/mol. The summed E-state index contributed by atoms with van der Waals surface area (Å²) in [5.41, 5.74) is 1.20. The van der Waals surface area contributed by atoms with Gasteiger partial charge in [-0.05, 0) is 25.3 Å². The van der Waals surface area contributed by atoms with Crippen LogP contribution in [-0.2, 0) is 6.54 Å². The van der Waals surface area contributed by atoms with E-state index in [-0.39, 0.29) is 0 Å². The molecule has 2 rings (SSSR count). The second-order valence-electron chi connectivity index (χ2n) is 5.08. The van der Waals surface area contributed by atoms with Crippen LogP contribution in [0.3, 0.4) is 0 Å². The van der Waals surface area contributed by atoms with Crippen LogP contribution < -0.4 is 0 Å². The van der Waals surface area contributed by atoms with Crippen molar-refractivity contribution in [1.82, 2.24) is 9.78 Å². The Morgan fingerprint density at radius 1 is 1.30 bits per heavy atom. The number of fused-ring (bicyclic) bond motifs is 1. The van der Waals surface area contributed by atoms with Crippen LogP contribution >= 0.6 is 11.6 Å². The summed E-state index contributed by atoms with van der Waals surface area (Å²) in [6, 6.07) is 8.31. The molecule has 0 aliphatic rings. The van der Waals surface area contributed by atoms with Gasteiger partial charge in [-0.2, -0.15) is 5.10 Å². The number of hydrogen-bond acceptors (Lipinski definition) is 1. The van der Waals surface area contributed by atoms with Crippen molar-refractivity contribution >= 4 is 22.5 Å². The van der Waals surface area contributed by atoms with E-state index in [2.05, 4.69) is 46.7 Å². The van der Waals surface area contributed by atoms with Crippen LogP contribution in [0.25, 0.3) is 10.9 Å². The minimum atomic E-state index is 0.411. The van der Waals surface area contributed by atoms with Crippen molar-refractivity contribution in [2.24, 2.45) is 5.92 Å². The van der Waals surface area contributed by atoms with Crippen LogP contribution in [0.4, 0.5) is 0 Å². The summed E-state index contributed by atoms with van der Waals surface area (Å²) in [6.45, 7) is 3.10. The lowest BCUT2D eigenvalue weighted by Crippen LogP contribution is -2.03. The van der Waals surface area contributed by atoms with Gasteiger partial charge in [0, 0.05) is 30.1 Å². The molecule has 0 saturated carbocycles. The van der Waals surface area contributed by atoms with Gasteiger partial charge in [0.15, 0.2) is 0 Å². The average Bonchev–Trinajstić information content (AvgIpc) is 2.88. The first-order valence-corrected chi connectivity index (χ1v) is 7.79. The van der Waals surface area contributed by atoms with E-state index < -0.39 is 0 Å². The van der Waals surface area contributed by atoms with Crippen molar-refractivity contribution in [1.29, 1.82) is 0 Å². The van der Waals surface area contributed by atoms with Gasteiger partial charge in [-0.1, -0.05) is 25.1 Å². The molecule has 0 bridgehead atoms. The van der Waals surface area contributed by atoms with Gasteiger partial charge in [-0.25, -0.2) is 0 Å². The van der Waals surface area contributed by atoms with Crippen LogP contribution in [0.15, 0.2) is 30.5 Å². The lowest BCUT2D eigenvalue weighted by molar-refractivity contribution is 0.537. The molecule has 0 amide bonds. The molecule has 2 nitrogen and oxygen atoms in total. The first-order chi connectivity index (χ1) is 9.81. The lowest BCUT2D eigenvalue weighted by Gasteiger charge is -2.05. The minimum Gasteiger partial charge on any atom is -0.265 e. The van der Waals surface area contributed by atoms with Crippen molar-refractivity contribution in [3.05, 3.63) is 30.5 Å². The van der Waals surface area contributed by atoms with Crippen LogP contribution in [0.5, 0.6) is 0 Å². The van der Waals surface area contributed by atoms with Crippen LogP contribution in [0.2, 0.25) is 0 Å². The predicted octanol–water partition coefficient (Wildman–Crippen LogP) is 4.48. The molecule has 1 aromatic carbocycles. The Kier molecular flexibility index (Phi) is 5.95. The van der Waals surface area contributed by atoms with Crippen molar-refractivity contribution in [2.45, 2.75) is 39.2 Å². The summed E-state index contributed by atoms with van der Waals surface area (Å²) in [6.07, 6.45) is 6.09. The van der Waals surface area contributed by atoms with E-state index in [0.717, 1.165) is 38.1 Å². The second-order valence-corrected chi connectivity index (χ2v) is 5.46. The number of halogens is 1. The molecule has 1 heterocycles. The topological polar surface area (TPSA) is 17.8 Å². The van der Waals surface area contributed by atoms with E-state index in [1.165, 1.54) is 10.9 Å². The van der Waals surface area contributed by atoms with Gasteiger partial charge in [0.05, 0.1) is 11.7 Å². The molecule has 3 heteroatoms. The highest BCUT2D eigenvalue weighted by Crippen LogP contribution is 2.14. The SMILES string of the molecule is CC(C#CCCCCCl)CCn1ncc2ccccc21. The molecule has 0 N–H and O–H groups in total. The Morgan fingerprint density at radius 3 is 3.00 bits per heavy atom. The number of hydrogen-bond donors (Lipinski definition) is 0. The molecule has 1 atom stereocenters. The zero-order valence-electron chi connectivity index (χ0n) is 12.0. The van der Waals surface area contributed by atoms with Gasteiger partial charge < -0.3 is 0 Å². The van der Waals surface area contributed by atoms with Gasteiger partial charge in [0.1, 0.15) is 0 Å². The van der Waals surface area contributed by atoms with Crippen molar-refractivity contribution in [2.75, 3.05) is 5.88 Å². The maximum absolute atomic E-state index is 5.64. The van der Waals surface area contributed by atoms with Gasteiger partial charge in [0.25, 0.3) is 0 Å². The van der Waals surface area contributed by atoms with E-state index in [1.54, 1.807) is 0 Å². The number of benzene rings is 1. The number of rotatable bonds is 6. The highest BCUT2D eigenvalue weighted by Gasteiger charge is 2.03. The van der Waals surface area contributed by atoms with Crippen molar-refractivity contribution in [3.8, 4) is 11.8 Å². The van der Waals surface area contributed by atoms with Crippen LogP contribution in [0, 0.1) is 17.8 Å². The van der Waals surface area contributed by atoms with Gasteiger partial charge in [-0.3, -0.25) is 4.68 Å². The fourth-order valence-corrected chi connectivity index (χ4v) is 2.34. The molecule has 1 aromatic heterocycles. The Bertz CT molecular complexity index is 592. The summed E-state index contributed by atoms with van der Waals surface area (Å²) < 4.78 is 2.07. The van der Waals surface area contributed by atoms with Gasteiger partial charge in [-0.15, -0.1) is 23.4 Å². The van der Waals surface area contributed by atoms with E-state index >= 15 is 0 Å². The third-order valence-electron chi connectivity index (χ3n) is 3.36. The Balaban J connectivity index is 1.82. The molecule has 0 aliphatic carbocycles. The predicted molar refractivity (Wildman–Crippen MR) is 85.9 cm³/mol. The zero-order chi connectivity index (χ0) is 14.2. The van der Waals surface area contributed by atoms with Gasteiger partial charge >= 0.3 is 0 Å². The number of alkyl halides is 1. The first kappa shape index (κ1) is 14.9. The third-order valence-corrected chi connectivity index (χ3v) is 3.63. The maximum Gasteiger partial charge on any atom is 0.0682 e. The standard InChI is InChI=1S/C17H21ClN2/c1-15(8-4-2-3-7-12-18)11-13-20-17-10-6-5-9-16(17)14-19-20/h5-6,9-10,14-15H,2-3,7,11-13H2,1H3. The highest BCUT2D eigenvalue weighted by atomic mass is 35.5. The molecular weight excluding hydrogens is 268 g/mol. The summed E-state index contributed by atoms with van der Waals surface area (Å²) in [7, 11) is 0. The first-order valence-electron chi connectivity index (χ1n) is 7.26. The molecule has 1 unspecified atom stereocenters. The Labute approximate surface area is 126 Å². The van der Waals surface area contributed by atoms with Crippen molar-refractivity contribution in [3.63, 3.8) is 0 Å². The molecule has 0 fully saturated rings. The number of unbranched alkanes of at least 4 members (excludes halogenated alkanes) is 2. The highest BCUT2D eigenvalue weighted by molar-refractivity contribution is 6.17. The largest absolute Gasteiger partial charge is 0.265 e. The van der Waals surface area contributed by atoms with Crippen molar-refractivity contribution < 1.29 is 0 Å². The Hall–Kier alpha value is -1.46. The minimum absolute atomic E-state index is 0.411. The van der Waals surface area contributed by atoms with Crippen LogP contribution in [-0.4, -0.2) is 15.7 Å². The molecule has 0 aliphatic heterocycles. The normalized spacial score (nSPS) is 12.1. The zero-order valence-corrected chi connectivity index (χ0v) is 12.7. The number of aromatic nitrogens is 2. The molecule has 0 spiro atoms. The molecular formula is C17H21ClN2. The molecule has 20 heavy (non-hydrogen) atoms. The average molecular weight is 289 g/mol. The molecule has 2 aromatic rings. The summed E-state index contributed by atoms with van der Waals surface area (Å²) in [4.78, 5) is 0.